The number of hydrogen-bond acceptors (Lipinski definition) is 5. The molecule has 5 heteroatoms. The zero-order chi connectivity index (χ0) is 15.4. The second-order valence-corrected chi connectivity index (χ2v) is 6.08. The molecule has 2 aromatic rings. The summed E-state index contributed by atoms with van der Waals surface area (Å²) >= 11 is 4.23. The first-order valence-corrected chi connectivity index (χ1v) is 7.61. The van der Waals surface area contributed by atoms with Gasteiger partial charge < -0.3 is 14.5 Å². The molecule has 0 radical (unpaired) electrons. The minimum Gasteiger partial charge on any atom is -0.492 e. The molecule has 0 saturated carbocycles. The molecule has 0 spiro atoms. The molecule has 2 rings (SSSR count). The Labute approximate surface area is 130 Å². The van der Waals surface area contributed by atoms with E-state index in [0.29, 0.717) is 18.0 Å². The lowest BCUT2D eigenvalue weighted by molar-refractivity contribution is 0.0913. The van der Waals surface area contributed by atoms with Crippen LogP contribution in [0.25, 0.3) is 11.0 Å². The van der Waals surface area contributed by atoms with Gasteiger partial charge in [0.15, 0.2) is 5.76 Å². The molecule has 1 unspecified atom stereocenters. The van der Waals surface area contributed by atoms with Crippen LogP contribution in [-0.2, 0) is 0 Å². The Kier molecular flexibility index (Phi) is 5.31. The van der Waals surface area contributed by atoms with Crippen molar-refractivity contribution in [2.75, 3.05) is 13.2 Å². The van der Waals surface area contributed by atoms with Gasteiger partial charge in [-0.1, -0.05) is 13.8 Å². The molecule has 1 aromatic carbocycles. The summed E-state index contributed by atoms with van der Waals surface area (Å²) in [6.07, 6.45) is 0. The van der Waals surface area contributed by atoms with Gasteiger partial charge in [-0.15, -0.1) is 0 Å². The SMILES string of the molecule is CC(S)NCCOc1ccc2cc(C(=O)C(C)C)oc2c1. The lowest BCUT2D eigenvalue weighted by atomic mass is 10.1. The molecule has 1 N–H and O–H groups in total. The summed E-state index contributed by atoms with van der Waals surface area (Å²) in [5, 5.41) is 4.21. The first-order chi connectivity index (χ1) is 9.97. The van der Waals surface area contributed by atoms with Gasteiger partial charge in [0.2, 0.25) is 5.78 Å². The van der Waals surface area contributed by atoms with Crippen LogP contribution >= 0.6 is 12.6 Å². The molecule has 1 aromatic heterocycles. The summed E-state index contributed by atoms with van der Waals surface area (Å²) in [6, 6.07) is 7.38. The molecule has 21 heavy (non-hydrogen) atoms. The first kappa shape index (κ1) is 15.9. The van der Waals surface area contributed by atoms with Crippen molar-refractivity contribution >= 4 is 29.4 Å². The predicted octanol–water partition coefficient (Wildman–Crippen LogP) is 3.52. The van der Waals surface area contributed by atoms with E-state index in [1.807, 2.05) is 39.0 Å². The molecule has 0 aliphatic carbocycles. The summed E-state index contributed by atoms with van der Waals surface area (Å²) in [5.74, 6) is 1.08. The highest BCUT2D eigenvalue weighted by molar-refractivity contribution is 7.80. The molecule has 0 bridgehead atoms. The van der Waals surface area contributed by atoms with E-state index in [1.165, 1.54) is 0 Å². The number of ketones is 1. The zero-order valence-electron chi connectivity index (χ0n) is 12.6. The van der Waals surface area contributed by atoms with E-state index in [4.69, 9.17) is 9.15 Å². The van der Waals surface area contributed by atoms with Crippen LogP contribution in [0.15, 0.2) is 28.7 Å². The number of carbonyl (C=O) groups excluding carboxylic acids is 1. The van der Waals surface area contributed by atoms with Crippen molar-refractivity contribution in [1.82, 2.24) is 5.32 Å². The van der Waals surface area contributed by atoms with E-state index in [2.05, 4.69) is 17.9 Å². The minimum absolute atomic E-state index is 0.0145. The normalized spacial score (nSPS) is 12.8. The quantitative estimate of drug-likeness (QED) is 0.356. The highest BCUT2D eigenvalue weighted by Gasteiger charge is 2.15. The summed E-state index contributed by atoms with van der Waals surface area (Å²) in [5.41, 5.74) is 0.673. The smallest absolute Gasteiger partial charge is 0.200 e. The van der Waals surface area contributed by atoms with Crippen molar-refractivity contribution in [3.8, 4) is 5.75 Å². The fourth-order valence-corrected chi connectivity index (χ4v) is 2.07. The number of rotatable bonds is 7. The Balaban J connectivity index is 2.05. The number of furan rings is 1. The van der Waals surface area contributed by atoms with Crippen molar-refractivity contribution in [3.63, 3.8) is 0 Å². The first-order valence-electron chi connectivity index (χ1n) is 7.09. The molecule has 1 atom stereocenters. The molecule has 0 aliphatic rings. The number of Topliss-reactive ketones (excluding diaryl/α,β-unsaturated/α-hetero) is 1. The summed E-state index contributed by atoms with van der Waals surface area (Å²) in [7, 11) is 0. The lowest BCUT2D eigenvalue weighted by Gasteiger charge is -2.09. The number of thiol groups is 1. The van der Waals surface area contributed by atoms with Crippen molar-refractivity contribution in [2.45, 2.75) is 26.1 Å². The highest BCUT2D eigenvalue weighted by Crippen LogP contribution is 2.25. The van der Waals surface area contributed by atoms with E-state index in [9.17, 15) is 4.79 Å². The summed E-state index contributed by atoms with van der Waals surface area (Å²) in [4.78, 5) is 11.9. The van der Waals surface area contributed by atoms with Gasteiger partial charge in [-0.2, -0.15) is 12.6 Å². The van der Waals surface area contributed by atoms with Crippen molar-refractivity contribution in [2.24, 2.45) is 5.92 Å². The van der Waals surface area contributed by atoms with Crippen LogP contribution in [0.2, 0.25) is 0 Å². The van der Waals surface area contributed by atoms with Gasteiger partial charge in [-0.25, -0.2) is 0 Å². The van der Waals surface area contributed by atoms with Gasteiger partial charge in [0.1, 0.15) is 17.9 Å². The van der Waals surface area contributed by atoms with Gasteiger partial charge in [0.05, 0.1) is 0 Å². The van der Waals surface area contributed by atoms with Crippen LogP contribution in [0.1, 0.15) is 31.3 Å². The summed E-state index contributed by atoms with van der Waals surface area (Å²) < 4.78 is 11.3. The predicted molar refractivity (Wildman–Crippen MR) is 87.3 cm³/mol. The molecule has 4 nitrogen and oxygen atoms in total. The number of carbonyl (C=O) groups is 1. The maximum atomic E-state index is 11.9. The molecule has 0 amide bonds. The van der Waals surface area contributed by atoms with Crippen LogP contribution in [0, 0.1) is 5.92 Å². The van der Waals surface area contributed by atoms with Gasteiger partial charge >= 0.3 is 0 Å². The average molecular weight is 307 g/mol. The number of nitrogens with one attached hydrogen (secondary N) is 1. The molecule has 0 fully saturated rings. The summed E-state index contributed by atoms with van der Waals surface area (Å²) in [6.45, 7) is 6.96. The maximum Gasteiger partial charge on any atom is 0.200 e. The average Bonchev–Trinajstić information content (AvgIpc) is 2.85. The number of fused-ring (bicyclic) bond motifs is 1. The van der Waals surface area contributed by atoms with Crippen LogP contribution < -0.4 is 10.1 Å². The third-order valence-corrected chi connectivity index (χ3v) is 3.25. The molecular weight excluding hydrogens is 286 g/mol. The van der Waals surface area contributed by atoms with Crippen molar-refractivity contribution in [3.05, 3.63) is 30.0 Å². The standard InChI is InChI=1S/C16H21NO3S/c1-10(2)16(18)15-8-12-4-5-13(9-14(12)20-15)19-7-6-17-11(3)21/h4-5,8-11,17,21H,6-7H2,1-3H3. The fourth-order valence-electron chi connectivity index (χ4n) is 1.94. The Bertz CT molecular complexity index is 619. The third kappa shape index (κ3) is 4.25. The maximum absolute atomic E-state index is 11.9. The monoisotopic (exact) mass is 307 g/mol. The van der Waals surface area contributed by atoms with Crippen LogP contribution in [-0.4, -0.2) is 24.3 Å². The molecule has 0 saturated heterocycles. The van der Waals surface area contributed by atoms with Crippen molar-refractivity contribution < 1.29 is 13.9 Å². The van der Waals surface area contributed by atoms with E-state index >= 15 is 0 Å². The van der Waals surface area contributed by atoms with Crippen molar-refractivity contribution in [1.29, 1.82) is 0 Å². The van der Waals surface area contributed by atoms with Gasteiger partial charge in [0, 0.05) is 29.3 Å². The van der Waals surface area contributed by atoms with Gasteiger partial charge in [0.25, 0.3) is 0 Å². The largest absolute Gasteiger partial charge is 0.492 e. The molecular formula is C16H21NO3S. The van der Waals surface area contributed by atoms with Gasteiger partial charge in [-0.05, 0) is 25.1 Å². The van der Waals surface area contributed by atoms with Crippen LogP contribution in [0.5, 0.6) is 5.75 Å². The van der Waals surface area contributed by atoms with Crippen LogP contribution in [0.3, 0.4) is 0 Å². The Morgan fingerprint density at radius 2 is 2.10 bits per heavy atom. The number of benzene rings is 1. The molecule has 114 valence electrons. The second-order valence-electron chi connectivity index (χ2n) is 5.31. The Morgan fingerprint density at radius 1 is 1.33 bits per heavy atom. The third-order valence-electron chi connectivity index (χ3n) is 3.07. The van der Waals surface area contributed by atoms with E-state index in [-0.39, 0.29) is 17.1 Å². The highest BCUT2D eigenvalue weighted by atomic mass is 32.1. The minimum atomic E-state index is -0.0735. The molecule has 0 aliphatic heterocycles. The Hall–Kier alpha value is -1.46. The van der Waals surface area contributed by atoms with Gasteiger partial charge in [-0.3, -0.25) is 4.79 Å². The second kappa shape index (κ2) is 7.00. The fraction of sp³-hybridized carbons (Fsp3) is 0.438. The van der Waals surface area contributed by atoms with E-state index < -0.39 is 0 Å². The van der Waals surface area contributed by atoms with E-state index in [1.54, 1.807) is 6.07 Å². The number of ether oxygens (including phenoxy) is 1. The Morgan fingerprint density at radius 3 is 2.76 bits per heavy atom. The molecule has 1 heterocycles. The van der Waals surface area contributed by atoms with E-state index in [0.717, 1.165) is 17.7 Å². The zero-order valence-corrected chi connectivity index (χ0v) is 13.4. The number of hydrogen-bond donors (Lipinski definition) is 2. The van der Waals surface area contributed by atoms with Crippen LogP contribution in [0.4, 0.5) is 0 Å². The lowest BCUT2D eigenvalue weighted by Crippen LogP contribution is -2.26. The topological polar surface area (TPSA) is 51.5 Å².